The topological polar surface area (TPSA) is 50.2 Å². The summed E-state index contributed by atoms with van der Waals surface area (Å²) in [5.74, 6) is 0.0926. The zero-order chi connectivity index (χ0) is 13.9. The van der Waals surface area contributed by atoms with Crippen molar-refractivity contribution < 1.29 is 9.90 Å². The summed E-state index contributed by atoms with van der Waals surface area (Å²) >= 11 is 1.72. The number of rotatable bonds is 10. The Balaban J connectivity index is 2.12. The highest BCUT2D eigenvalue weighted by Gasteiger charge is 2.04. The number of nitrogens with zero attached hydrogens (tertiary/aromatic N) is 1. The molecule has 1 rings (SSSR count). The van der Waals surface area contributed by atoms with Gasteiger partial charge in [0.25, 0.3) is 0 Å². The van der Waals surface area contributed by atoms with Crippen LogP contribution in [0, 0.1) is 0 Å². The van der Waals surface area contributed by atoms with E-state index in [0.717, 1.165) is 10.6 Å². The Morgan fingerprint density at radius 2 is 1.89 bits per heavy atom. The second-order valence-electron chi connectivity index (χ2n) is 4.65. The molecule has 0 aromatic carbocycles. The lowest BCUT2D eigenvalue weighted by Crippen LogP contribution is -1.99. The first-order chi connectivity index (χ1) is 9.24. The normalized spacial score (nSPS) is 10.6. The van der Waals surface area contributed by atoms with Gasteiger partial charge in [-0.05, 0) is 24.3 Å². The van der Waals surface area contributed by atoms with E-state index in [2.05, 4.69) is 11.9 Å². The van der Waals surface area contributed by atoms with E-state index in [-0.39, 0.29) is 5.69 Å². The van der Waals surface area contributed by atoms with Gasteiger partial charge in [0.2, 0.25) is 0 Å². The first-order valence-electron chi connectivity index (χ1n) is 7.06. The third-order valence-electron chi connectivity index (χ3n) is 2.97. The van der Waals surface area contributed by atoms with Gasteiger partial charge in [-0.2, -0.15) is 0 Å². The molecular formula is C15H23NO2S. The fourth-order valence-corrected chi connectivity index (χ4v) is 2.80. The molecule has 1 aromatic rings. The van der Waals surface area contributed by atoms with E-state index in [4.69, 9.17) is 5.11 Å². The van der Waals surface area contributed by atoms with E-state index < -0.39 is 5.97 Å². The average molecular weight is 281 g/mol. The number of aromatic carboxylic acids is 1. The highest BCUT2D eigenvalue weighted by atomic mass is 32.2. The van der Waals surface area contributed by atoms with Gasteiger partial charge < -0.3 is 5.11 Å². The Morgan fingerprint density at radius 3 is 2.58 bits per heavy atom. The van der Waals surface area contributed by atoms with E-state index in [1.807, 2.05) is 6.07 Å². The third-order valence-corrected chi connectivity index (χ3v) is 4.05. The van der Waals surface area contributed by atoms with Crippen molar-refractivity contribution in [3.8, 4) is 0 Å². The van der Waals surface area contributed by atoms with Crippen molar-refractivity contribution in [1.29, 1.82) is 0 Å². The monoisotopic (exact) mass is 281 g/mol. The van der Waals surface area contributed by atoms with Gasteiger partial charge >= 0.3 is 5.97 Å². The summed E-state index contributed by atoms with van der Waals surface area (Å²) in [4.78, 5) is 15.6. The SMILES string of the molecule is CCCCCCCCCSc1ccnc(C(=O)O)c1. The Hall–Kier alpha value is -1.03. The Kier molecular flexibility index (Phi) is 8.30. The molecule has 106 valence electrons. The maximum atomic E-state index is 10.8. The number of aromatic nitrogens is 1. The standard InChI is InChI=1S/C15H23NO2S/c1-2-3-4-5-6-7-8-11-19-13-9-10-16-14(12-13)15(17)18/h9-10,12H,2-8,11H2,1H3,(H,17,18). The van der Waals surface area contributed by atoms with Crippen molar-refractivity contribution in [2.24, 2.45) is 0 Å². The van der Waals surface area contributed by atoms with Gasteiger partial charge in [0.15, 0.2) is 0 Å². The molecule has 0 aliphatic rings. The molecule has 0 atom stereocenters. The zero-order valence-electron chi connectivity index (χ0n) is 11.6. The van der Waals surface area contributed by atoms with Crippen LogP contribution in [0.3, 0.4) is 0 Å². The van der Waals surface area contributed by atoms with Gasteiger partial charge in [-0.15, -0.1) is 11.8 Å². The lowest BCUT2D eigenvalue weighted by Gasteiger charge is -2.03. The molecule has 0 unspecified atom stereocenters. The number of carbonyl (C=O) groups is 1. The Morgan fingerprint density at radius 1 is 1.21 bits per heavy atom. The molecule has 0 aliphatic carbocycles. The summed E-state index contributed by atoms with van der Waals surface area (Å²) < 4.78 is 0. The smallest absolute Gasteiger partial charge is 0.354 e. The van der Waals surface area contributed by atoms with Gasteiger partial charge in [0.1, 0.15) is 5.69 Å². The van der Waals surface area contributed by atoms with Crippen molar-refractivity contribution in [3.63, 3.8) is 0 Å². The zero-order valence-corrected chi connectivity index (χ0v) is 12.4. The number of pyridine rings is 1. The average Bonchev–Trinajstić information content (AvgIpc) is 2.42. The quantitative estimate of drug-likeness (QED) is 0.502. The fraction of sp³-hybridized carbons (Fsp3) is 0.600. The van der Waals surface area contributed by atoms with Crippen LogP contribution < -0.4 is 0 Å². The molecular weight excluding hydrogens is 258 g/mol. The molecule has 0 amide bonds. The molecule has 0 spiro atoms. The van der Waals surface area contributed by atoms with Crippen LogP contribution in [0.2, 0.25) is 0 Å². The van der Waals surface area contributed by atoms with Crippen LogP contribution in [0.25, 0.3) is 0 Å². The summed E-state index contributed by atoms with van der Waals surface area (Å²) in [7, 11) is 0. The summed E-state index contributed by atoms with van der Waals surface area (Å²) in [6.07, 6.45) is 10.7. The number of hydrogen-bond donors (Lipinski definition) is 1. The fourth-order valence-electron chi connectivity index (χ4n) is 1.87. The molecule has 0 radical (unpaired) electrons. The van der Waals surface area contributed by atoms with E-state index >= 15 is 0 Å². The molecule has 1 N–H and O–H groups in total. The van der Waals surface area contributed by atoms with Crippen molar-refractivity contribution >= 4 is 17.7 Å². The second-order valence-corrected chi connectivity index (χ2v) is 5.82. The molecule has 1 heterocycles. The number of carboxylic acid groups (broad SMARTS) is 1. The molecule has 0 saturated heterocycles. The molecule has 3 nitrogen and oxygen atoms in total. The number of thioether (sulfide) groups is 1. The van der Waals surface area contributed by atoms with Gasteiger partial charge in [-0.25, -0.2) is 9.78 Å². The predicted octanol–water partition coefficient (Wildman–Crippen LogP) is 4.62. The van der Waals surface area contributed by atoms with Gasteiger partial charge in [0.05, 0.1) is 0 Å². The largest absolute Gasteiger partial charge is 0.477 e. The molecule has 4 heteroatoms. The van der Waals surface area contributed by atoms with E-state index in [1.165, 1.54) is 44.9 Å². The summed E-state index contributed by atoms with van der Waals surface area (Å²) in [6.45, 7) is 2.23. The lowest BCUT2D eigenvalue weighted by molar-refractivity contribution is 0.0690. The minimum absolute atomic E-state index is 0.129. The minimum atomic E-state index is -0.960. The maximum absolute atomic E-state index is 10.8. The van der Waals surface area contributed by atoms with E-state index in [1.54, 1.807) is 24.0 Å². The summed E-state index contributed by atoms with van der Waals surface area (Å²) in [5, 5.41) is 8.85. The summed E-state index contributed by atoms with van der Waals surface area (Å²) in [6, 6.07) is 3.52. The highest BCUT2D eigenvalue weighted by Crippen LogP contribution is 2.20. The van der Waals surface area contributed by atoms with Crippen LogP contribution in [-0.2, 0) is 0 Å². The van der Waals surface area contributed by atoms with E-state index in [9.17, 15) is 4.79 Å². The first-order valence-corrected chi connectivity index (χ1v) is 8.04. The Labute approximate surface area is 119 Å². The number of carboxylic acids is 1. The predicted molar refractivity (Wildman–Crippen MR) is 79.9 cm³/mol. The van der Waals surface area contributed by atoms with Crippen molar-refractivity contribution in [1.82, 2.24) is 4.98 Å². The minimum Gasteiger partial charge on any atom is -0.477 e. The lowest BCUT2D eigenvalue weighted by atomic mass is 10.1. The van der Waals surface area contributed by atoms with Crippen molar-refractivity contribution in [2.75, 3.05) is 5.75 Å². The highest BCUT2D eigenvalue weighted by molar-refractivity contribution is 7.99. The van der Waals surface area contributed by atoms with E-state index in [0.29, 0.717) is 0 Å². The first kappa shape index (κ1) is 16.0. The number of hydrogen-bond acceptors (Lipinski definition) is 3. The molecule has 0 bridgehead atoms. The molecule has 19 heavy (non-hydrogen) atoms. The van der Waals surface area contributed by atoms with Crippen LogP contribution in [-0.4, -0.2) is 21.8 Å². The van der Waals surface area contributed by atoms with Gasteiger partial charge in [0, 0.05) is 11.1 Å². The van der Waals surface area contributed by atoms with Crippen molar-refractivity contribution in [3.05, 3.63) is 24.0 Å². The number of unbranched alkanes of at least 4 members (excludes halogenated alkanes) is 6. The third kappa shape index (κ3) is 7.21. The second kappa shape index (κ2) is 9.84. The molecule has 0 saturated carbocycles. The van der Waals surface area contributed by atoms with Crippen LogP contribution in [0.5, 0.6) is 0 Å². The van der Waals surface area contributed by atoms with Crippen LogP contribution in [0.4, 0.5) is 0 Å². The van der Waals surface area contributed by atoms with Gasteiger partial charge in [-0.3, -0.25) is 0 Å². The molecule has 0 fully saturated rings. The Bertz CT molecular complexity index is 382. The van der Waals surface area contributed by atoms with Gasteiger partial charge in [-0.1, -0.05) is 45.4 Å². The summed E-state index contributed by atoms with van der Waals surface area (Å²) in [5.41, 5.74) is 0.129. The molecule has 1 aromatic heterocycles. The maximum Gasteiger partial charge on any atom is 0.354 e. The molecule has 0 aliphatic heterocycles. The van der Waals surface area contributed by atoms with Crippen LogP contribution in [0.1, 0.15) is 62.4 Å². The van der Waals surface area contributed by atoms with Crippen LogP contribution in [0.15, 0.2) is 23.2 Å². The van der Waals surface area contributed by atoms with Crippen LogP contribution >= 0.6 is 11.8 Å². The van der Waals surface area contributed by atoms with Crippen molar-refractivity contribution in [2.45, 2.75) is 56.8 Å².